The lowest BCUT2D eigenvalue weighted by atomic mass is 9.78. The molecule has 1 fully saturated rings. The van der Waals surface area contributed by atoms with Crippen LogP contribution in [0, 0.1) is 16.7 Å². The zero-order valence-electron chi connectivity index (χ0n) is 8.66. The van der Waals surface area contributed by atoms with Gasteiger partial charge in [0.05, 0.1) is 6.07 Å². The van der Waals surface area contributed by atoms with E-state index in [0.717, 1.165) is 6.42 Å². The van der Waals surface area contributed by atoms with Crippen molar-refractivity contribution in [3.63, 3.8) is 0 Å². The van der Waals surface area contributed by atoms with E-state index < -0.39 is 0 Å². The van der Waals surface area contributed by atoms with Gasteiger partial charge in [0, 0.05) is 6.08 Å². The Balaban J connectivity index is 2.12. The van der Waals surface area contributed by atoms with E-state index in [4.69, 9.17) is 5.26 Å². The molecule has 0 radical (unpaired) electrons. The summed E-state index contributed by atoms with van der Waals surface area (Å²) in [5.74, 6) is 0. The lowest BCUT2D eigenvalue weighted by molar-refractivity contribution is 0.509. The number of benzene rings is 1. The lowest BCUT2D eigenvalue weighted by Gasteiger charge is -2.26. The van der Waals surface area contributed by atoms with E-state index in [0.29, 0.717) is 5.41 Å². The highest BCUT2D eigenvalue weighted by molar-refractivity contribution is 5.73. The third-order valence-electron chi connectivity index (χ3n) is 3.69. The SMILES string of the molecule is N#CC=C1CC2(CC2)Cc2ccccc21. The van der Waals surface area contributed by atoms with Gasteiger partial charge in [0.15, 0.2) is 0 Å². The van der Waals surface area contributed by atoms with Crippen LogP contribution in [0.25, 0.3) is 5.57 Å². The Hall–Kier alpha value is -1.55. The minimum atomic E-state index is 0.525. The summed E-state index contributed by atoms with van der Waals surface area (Å²) in [6, 6.07) is 10.7. The summed E-state index contributed by atoms with van der Waals surface area (Å²) in [6.45, 7) is 0. The molecule has 0 aromatic heterocycles. The summed E-state index contributed by atoms with van der Waals surface area (Å²) in [7, 11) is 0. The molecule has 1 aromatic carbocycles. The largest absolute Gasteiger partial charge is 0.193 e. The molecule has 1 heteroatoms. The van der Waals surface area contributed by atoms with Crippen LogP contribution in [0.1, 0.15) is 30.4 Å². The third kappa shape index (κ3) is 1.37. The Morgan fingerprint density at radius 2 is 2.00 bits per heavy atom. The van der Waals surface area contributed by atoms with Crippen LogP contribution in [0.4, 0.5) is 0 Å². The molecule has 0 bridgehead atoms. The summed E-state index contributed by atoms with van der Waals surface area (Å²) in [5, 5.41) is 8.81. The smallest absolute Gasteiger partial charge is 0.0915 e. The van der Waals surface area contributed by atoms with Crippen LogP contribution >= 0.6 is 0 Å². The number of hydrogen-bond donors (Lipinski definition) is 0. The molecule has 0 aliphatic heterocycles. The predicted octanol–water partition coefficient (Wildman–Crippen LogP) is 3.32. The maximum Gasteiger partial charge on any atom is 0.0915 e. The van der Waals surface area contributed by atoms with Gasteiger partial charge in [0.2, 0.25) is 0 Å². The second kappa shape index (κ2) is 2.97. The van der Waals surface area contributed by atoms with Gasteiger partial charge in [0.25, 0.3) is 0 Å². The first-order valence-electron chi connectivity index (χ1n) is 5.50. The molecule has 3 rings (SSSR count). The molecule has 1 saturated carbocycles. The number of nitrogens with zero attached hydrogens (tertiary/aromatic N) is 1. The second-order valence-corrected chi connectivity index (χ2v) is 4.81. The van der Waals surface area contributed by atoms with Crippen molar-refractivity contribution in [2.45, 2.75) is 25.7 Å². The van der Waals surface area contributed by atoms with Gasteiger partial charge in [-0.25, -0.2) is 0 Å². The third-order valence-corrected chi connectivity index (χ3v) is 3.69. The molecule has 1 nitrogen and oxygen atoms in total. The standard InChI is InChI=1S/C14H13N/c15-8-5-12-10-14(6-7-14)9-11-3-1-2-4-13(11)12/h1-5H,6-7,9-10H2. The van der Waals surface area contributed by atoms with Crippen LogP contribution in [-0.4, -0.2) is 0 Å². The Morgan fingerprint density at radius 3 is 2.73 bits per heavy atom. The van der Waals surface area contributed by atoms with Crippen molar-refractivity contribution in [3.05, 3.63) is 41.5 Å². The van der Waals surface area contributed by atoms with Crippen molar-refractivity contribution in [3.8, 4) is 6.07 Å². The highest BCUT2D eigenvalue weighted by Crippen LogP contribution is 2.57. The number of nitriles is 1. The van der Waals surface area contributed by atoms with Crippen LogP contribution in [0.2, 0.25) is 0 Å². The summed E-state index contributed by atoms with van der Waals surface area (Å²) in [6.07, 6.45) is 6.73. The molecular formula is C14H13N. The zero-order valence-corrected chi connectivity index (χ0v) is 8.66. The molecule has 0 N–H and O–H groups in total. The molecule has 0 atom stereocenters. The Labute approximate surface area is 90.0 Å². The summed E-state index contributed by atoms with van der Waals surface area (Å²) < 4.78 is 0. The van der Waals surface area contributed by atoms with Crippen molar-refractivity contribution in [1.29, 1.82) is 5.26 Å². The van der Waals surface area contributed by atoms with Crippen molar-refractivity contribution < 1.29 is 0 Å². The molecule has 1 spiro atoms. The molecule has 1 aromatic rings. The Bertz CT molecular complexity index is 472. The number of hydrogen-bond acceptors (Lipinski definition) is 1. The number of rotatable bonds is 0. The first kappa shape index (κ1) is 8.73. The second-order valence-electron chi connectivity index (χ2n) is 4.81. The normalized spacial score (nSPS) is 23.5. The monoisotopic (exact) mass is 195 g/mol. The van der Waals surface area contributed by atoms with E-state index in [1.54, 1.807) is 6.08 Å². The minimum Gasteiger partial charge on any atom is -0.193 e. The van der Waals surface area contributed by atoms with Gasteiger partial charge in [-0.1, -0.05) is 24.3 Å². The highest BCUT2D eigenvalue weighted by atomic mass is 14.5. The van der Waals surface area contributed by atoms with Crippen LogP contribution in [0.15, 0.2) is 30.3 Å². The van der Waals surface area contributed by atoms with Gasteiger partial charge < -0.3 is 0 Å². The average molecular weight is 195 g/mol. The molecular weight excluding hydrogens is 182 g/mol. The van der Waals surface area contributed by atoms with Crippen LogP contribution in [-0.2, 0) is 6.42 Å². The van der Waals surface area contributed by atoms with Gasteiger partial charge in [-0.05, 0) is 47.8 Å². The van der Waals surface area contributed by atoms with Crippen molar-refractivity contribution in [2.75, 3.05) is 0 Å². The first-order chi connectivity index (χ1) is 7.33. The summed E-state index contributed by atoms with van der Waals surface area (Å²) in [5.41, 5.74) is 4.51. The maximum atomic E-state index is 8.81. The summed E-state index contributed by atoms with van der Waals surface area (Å²) >= 11 is 0. The van der Waals surface area contributed by atoms with E-state index in [9.17, 15) is 0 Å². The van der Waals surface area contributed by atoms with Crippen LogP contribution < -0.4 is 0 Å². The van der Waals surface area contributed by atoms with Crippen LogP contribution in [0.5, 0.6) is 0 Å². The van der Waals surface area contributed by atoms with Crippen molar-refractivity contribution in [2.24, 2.45) is 5.41 Å². The minimum absolute atomic E-state index is 0.525. The van der Waals surface area contributed by atoms with Crippen molar-refractivity contribution in [1.82, 2.24) is 0 Å². The molecule has 74 valence electrons. The first-order valence-corrected chi connectivity index (χ1v) is 5.50. The quantitative estimate of drug-likeness (QED) is 0.582. The van der Waals surface area contributed by atoms with E-state index >= 15 is 0 Å². The van der Waals surface area contributed by atoms with Gasteiger partial charge in [-0.3, -0.25) is 0 Å². The molecule has 2 aliphatic rings. The van der Waals surface area contributed by atoms with E-state index in [1.165, 1.54) is 36.0 Å². The van der Waals surface area contributed by atoms with E-state index in [2.05, 4.69) is 30.3 Å². The van der Waals surface area contributed by atoms with Crippen LogP contribution in [0.3, 0.4) is 0 Å². The fraction of sp³-hybridized carbons (Fsp3) is 0.357. The Kier molecular flexibility index (Phi) is 1.73. The topological polar surface area (TPSA) is 23.8 Å². The van der Waals surface area contributed by atoms with Gasteiger partial charge >= 0.3 is 0 Å². The zero-order chi connectivity index (χ0) is 10.3. The lowest BCUT2D eigenvalue weighted by Crippen LogP contribution is -2.14. The number of allylic oxidation sites excluding steroid dienone is 2. The molecule has 0 heterocycles. The van der Waals surface area contributed by atoms with Crippen molar-refractivity contribution >= 4 is 5.57 Å². The van der Waals surface area contributed by atoms with E-state index in [-0.39, 0.29) is 0 Å². The maximum absolute atomic E-state index is 8.81. The molecule has 0 amide bonds. The van der Waals surface area contributed by atoms with Gasteiger partial charge in [-0.2, -0.15) is 5.26 Å². The molecule has 0 unspecified atom stereocenters. The Morgan fingerprint density at radius 1 is 1.20 bits per heavy atom. The van der Waals surface area contributed by atoms with E-state index in [1.807, 2.05) is 0 Å². The summed E-state index contributed by atoms with van der Waals surface area (Å²) in [4.78, 5) is 0. The fourth-order valence-corrected chi connectivity index (χ4v) is 2.69. The average Bonchev–Trinajstić information content (AvgIpc) is 2.98. The fourth-order valence-electron chi connectivity index (χ4n) is 2.69. The van der Waals surface area contributed by atoms with Gasteiger partial charge in [-0.15, -0.1) is 0 Å². The highest BCUT2D eigenvalue weighted by Gasteiger charge is 2.45. The molecule has 0 saturated heterocycles. The van der Waals surface area contributed by atoms with Gasteiger partial charge in [0.1, 0.15) is 0 Å². The predicted molar refractivity (Wildman–Crippen MR) is 60.0 cm³/mol. The molecule has 15 heavy (non-hydrogen) atoms. The molecule has 2 aliphatic carbocycles. The number of fused-ring (bicyclic) bond motifs is 1.